The Kier molecular flexibility index (Phi) is 6.97. The number of alkyl halides is 2. The topological polar surface area (TPSA) is 67.9 Å². The van der Waals surface area contributed by atoms with E-state index in [4.69, 9.17) is 32.7 Å². The molecule has 0 bridgehead atoms. The number of hydrogen-bond acceptors (Lipinski definition) is 4. The van der Waals surface area contributed by atoms with E-state index in [1.54, 1.807) is 59.7 Å². The molecule has 8 heteroatoms. The predicted molar refractivity (Wildman–Crippen MR) is 99.4 cm³/mol. The number of rotatable bonds is 5. The van der Waals surface area contributed by atoms with Gasteiger partial charge in [-0.15, -0.1) is 0 Å². The molecule has 1 aromatic carbocycles. The summed E-state index contributed by atoms with van der Waals surface area (Å²) in [6.07, 6.45) is -1.54. The lowest BCUT2D eigenvalue weighted by molar-refractivity contribution is 0.0974. The van der Waals surface area contributed by atoms with E-state index in [0.29, 0.717) is 5.69 Å². The van der Waals surface area contributed by atoms with E-state index in [1.807, 2.05) is 0 Å². The maximum absolute atomic E-state index is 12.5. The molecule has 0 aliphatic heterocycles. The molecule has 0 saturated heterocycles. The van der Waals surface area contributed by atoms with Gasteiger partial charge in [0.15, 0.2) is 0 Å². The number of benzene rings is 1. The fraction of sp³-hybridized carbons (Fsp3) is 0.529. The molecule has 6 nitrogen and oxygen atoms in total. The standard InChI is InChI=1S/C17H24Cl2N2O4/c1-11(2)24-14(22)20-12-8-7-9-13(10-12)25-15(23)21(16(3,4)18)17(5,6)19/h7-11H,1-6H3,(H,20,22). The molecule has 1 N–H and O–H groups in total. The van der Waals surface area contributed by atoms with Gasteiger partial charge in [-0.05, 0) is 53.7 Å². The lowest BCUT2D eigenvalue weighted by Gasteiger charge is -2.40. The third-order valence-corrected chi connectivity index (χ3v) is 3.21. The summed E-state index contributed by atoms with van der Waals surface area (Å²) in [5, 5.41) is 2.56. The van der Waals surface area contributed by atoms with E-state index < -0.39 is 22.2 Å². The third-order valence-electron chi connectivity index (χ3n) is 2.87. The lowest BCUT2D eigenvalue weighted by Crippen LogP contribution is -2.54. The summed E-state index contributed by atoms with van der Waals surface area (Å²) in [5.74, 6) is 0.235. The second-order valence-corrected chi connectivity index (χ2v) is 8.48. The van der Waals surface area contributed by atoms with Crippen LogP contribution >= 0.6 is 23.2 Å². The Hall–Kier alpha value is -1.66. The van der Waals surface area contributed by atoms with Crippen LogP contribution < -0.4 is 10.1 Å². The Labute approximate surface area is 158 Å². The number of hydrogen-bond donors (Lipinski definition) is 1. The molecule has 140 valence electrons. The first-order valence-corrected chi connectivity index (χ1v) is 8.54. The summed E-state index contributed by atoms with van der Waals surface area (Å²) in [4.78, 5) is 23.3. The molecule has 0 radical (unpaired) electrons. The number of carbonyl (C=O) groups excluding carboxylic acids is 2. The van der Waals surface area contributed by atoms with E-state index in [-0.39, 0.29) is 11.9 Å². The molecule has 0 aliphatic rings. The smallest absolute Gasteiger partial charge is 0.418 e. The predicted octanol–water partition coefficient (Wildman–Crippen LogP) is 5.39. The van der Waals surface area contributed by atoms with Gasteiger partial charge in [0, 0.05) is 11.8 Å². The molecule has 0 saturated carbocycles. The van der Waals surface area contributed by atoms with Gasteiger partial charge in [-0.3, -0.25) is 10.2 Å². The molecule has 25 heavy (non-hydrogen) atoms. The third kappa shape index (κ3) is 7.00. The molecule has 0 aliphatic carbocycles. The van der Waals surface area contributed by atoms with Crippen LogP contribution in [0.4, 0.5) is 15.3 Å². The highest BCUT2D eigenvalue weighted by molar-refractivity contribution is 6.27. The highest BCUT2D eigenvalue weighted by Crippen LogP contribution is 2.32. The van der Waals surface area contributed by atoms with Gasteiger partial charge in [0.2, 0.25) is 0 Å². The number of carbonyl (C=O) groups is 2. The lowest BCUT2D eigenvalue weighted by atomic mass is 10.2. The number of nitrogens with one attached hydrogen (secondary N) is 1. The highest BCUT2D eigenvalue weighted by Gasteiger charge is 2.40. The summed E-state index contributed by atoms with van der Waals surface area (Å²) < 4.78 is 10.4. The summed E-state index contributed by atoms with van der Waals surface area (Å²) in [6, 6.07) is 6.36. The zero-order valence-electron chi connectivity index (χ0n) is 15.2. The van der Waals surface area contributed by atoms with Crippen molar-refractivity contribution in [3.63, 3.8) is 0 Å². The summed E-state index contributed by atoms with van der Waals surface area (Å²) in [5.41, 5.74) is 0.428. The normalized spacial score (nSPS) is 11.9. The summed E-state index contributed by atoms with van der Waals surface area (Å²) in [7, 11) is 0. The van der Waals surface area contributed by atoms with E-state index in [2.05, 4.69) is 5.32 Å². The molecule has 0 unspecified atom stereocenters. The second-order valence-electron chi connectivity index (χ2n) is 6.63. The Bertz CT molecular complexity index is 608. The van der Waals surface area contributed by atoms with Crippen LogP contribution in [0.2, 0.25) is 0 Å². The maximum atomic E-state index is 12.5. The molecule has 1 rings (SSSR count). The van der Waals surface area contributed by atoms with Crippen molar-refractivity contribution in [1.82, 2.24) is 4.90 Å². The van der Waals surface area contributed by atoms with Crippen LogP contribution in [0.1, 0.15) is 41.5 Å². The first-order valence-electron chi connectivity index (χ1n) is 7.78. The van der Waals surface area contributed by atoms with Gasteiger partial charge < -0.3 is 9.47 Å². The van der Waals surface area contributed by atoms with Crippen molar-refractivity contribution in [2.24, 2.45) is 0 Å². The Morgan fingerprint density at radius 3 is 2.16 bits per heavy atom. The van der Waals surface area contributed by atoms with Crippen LogP contribution in [0.3, 0.4) is 0 Å². The van der Waals surface area contributed by atoms with Crippen molar-refractivity contribution in [2.45, 2.75) is 57.6 Å². The van der Waals surface area contributed by atoms with Crippen molar-refractivity contribution in [3.05, 3.63) is 24.3 Å². The Morgan fingerprint density at radius 1 is 1.12 bits per heavy atom. The summed E-state index contributed by atoms with van der Waals surface area (Å²) >= 11 is 12.5. The van der Waals surface area contributed by atoms with Crippen molar-refractivity contribution in [2.75, 3.05) is 5.32 Å². The van der Waals surface area contributed by atoms with Crippen molar-refractivity contribution in [1.29, 1.82) is 0 Å². The quantitative estimate of drug-likeness (QED) is 0.540. The van der Waals surface area contributed by atoms with E-state index in [9.17, 15) is 9.59 Å². The average Bonchev–Trinajstić information content (AvgIpc) is 2.33. The molecule has 0 spiro atoms. The number of anilines is 1. The maximum Gasteiger partial charge on any atom is 0.418 e. The largest absolute Gasteiger partial charge is 0.447 e. The minimum atomic E-state index is -1.06. The number of ether oxygens (including phenoxy) is 2. The first kappa shape index (κ1) is 21.4. The SMILES string of the molecule is CC(C)OC(=O)Nc1cccc(OC(=O)N(C(C)(C)Cl)C(C)(C)Cl)c1. The molecular formula is C17H24Cl2N2O4. The number of amides is 2. The van der Waals surface area contributed by atoms with Gasteiger partial charge in [0.1, 0.15) is 15.7 Å². The monoisotopic (exact) mass is 390 g/mol. The van der Waals surface area contributed by atoms with Crippen LogP contribution in [-0.4, -0.2) is 33.2 Å². The number of halogens is 2. The van der Waals surface area contributed by atoms with Gasteiger partial charge >= 0.3 is 12.2 Å². The van der Waals surface area contributed by atoms with Crippen molar-refractivity contribution >= 4 is 41.1 Å². The van der Waals surface area contributed by atoms with E-state index >= 15 is 0 Å². The van der Waals surface area contributed by atoms with Gasteiger partial charge in [0.05, 0.1) is 6.10 Å². The molecule has 2 amide bonds. The van der Waals surface area contributed by atoms with Crippen LogP contribution in [0.15, 0.2) is 24.3 Å². The van der Waals surface area contributed by atoms with Crippen molar-refractivity contribution in [3.8, 4) is 5.75 Å². The molecule has 0 fully saturated rings. The van der Waals surface area contributed by atoms with E-state index in [0.717, 1.165) is 0 Å². The first-order chi connectivity index (χ1) is 11.3. The molecule has 1 aromatic rings. The molecule has 0 aromatic heterocycles. The fourth-order valence-electron chi connectivity index (χ4n) is 2.21. The van der Waals surface area contributed by atoms with Crippen LogP contribution in [0.25, 0.3) is 0 Å². The summed E-state index contributed by atoms with van der Waals surface area (Å²) in [6.45, 7) is 10.0. The van der Waals surface area contributed by atoms with Gasteiger partial charge in [-0.25, -0.2) is 9.59 Å². The molecule has 0 atom stereocenters. The molecular weight excluding hydrogens is 367 g/mol. The van der Waals surface area contributed by atoms with Crippen LogP contribution in [0, 0.1) is 0 Å². The van der Waals surface area contributed by atoms with Crippen LogP contribution in [0.5, 0.6) is 5.75 Å². The minimum Gasteiger partial charge on any atom is -0.447 e. The Morgan fingerprint density at radius 2 is 1.68 bits per heavy atom. The van der Waals surface area contributed by atoms with Crippen LogP contribution in [-0.2, 0) is 4.74 Å². The number of nitrogens with zero attached hydrogens (tertiary/aromatic N) is 1. The highest BCUT2D eigenvalue weighted by atomic mass is 35.5. The van der Waals surface area contributed by atoms with Gasteiger partial charge in [0.25, 0.3) is 0 Å². The fourth-order valence-corrected chi connectivity index (χ4v) is 2.82. The van der Waals surface area contributed by atoms with Gasteiger partial charge in [-0.2, -0.15) is 0 Å². The average molecular weight is 391 g/mol. The molecule has 0 heterocycles. The zero-order chi connectivity index (χ0) is 19.4. The van der Waals surface area contributed by atoms with E-state index in [1.165, 1.54) is 11.0 Å². The minimum absolute atomic E-state index is 0.235. The Balaban J connectivity index is 2.91. The van der Waals surface area contributed by atoms with Crippen molar-refractivity contribution < 1.29 is 19.1 Å². The second kappa shape index (κ2) is 8.15. The zero-order valence-corrected chi connectivity index (χ0v) is 16.7. The van der Waals surface area contributed by atoms with Gasteiger partial charge in [-0.1, -0.05) is 29.3 Å².